The van der Waals surface area contributed by atoms with Gasteiger partial charge in [0.25, 0.3) is 0 Å². The first-order valence-electron chi connectivity index (χ1n) is 15.1. The van der Waals surface area contributed by atoms with E-state index in [1.54, 1.807) is 0 Å². The van der Waals surface area contributed by atoms with E-state index < -0.39 is 8.07 Å². The van der Waals surface area contributed by atoms with Gasteiger partial charge in [0.15, 0.2) is 0 Å². The van der Waals surface area contributed by atoms with Crippen molar-refractivity contribution in [3.8, 4) is 33.6 Å². The number of benzene rings is 3. The van der Waals surface area contributed by atoms with Crippen LogP contribution in [-0.4, -0.2) is 23.0 Å². The minimum atomic E-state index is -1.49. The number of anilines is 3. The molecule has 0 saturated carbocycles. The molecule has 4 nitrogen and oxygen atoms in total. The predicted molar refractivity (Wildman–Crippen MR) is 188 cm³/mol. The van der Waals surface area contributed by atoms with E-state index in [4.69, 9.17) is 15.0 Å². The van der Waals surface area contributed by atoms with Gasteiger partial charge in [0, 0.05) is 41.1 Å². The molecule has 0 fully saturated rings. The summed E-state index contributed by atoms with van der Waals surface area (Å²) in [6.07, 6.45) is 5.80. The van der Waals surface area contributed by atoms with Gasteiger partial charge < -0.3 is 4.90 Å². The average Bonchev–Trinajstić information content (AvgIpc) is 3.03. The second-order valence-corrected chi connectivity index (χ2v) is 17.5. The van der Waals surface area contributed by atoms with Crippen molar-refractivity contribution in [2.24, 2.45) is 0 Å². The van der Waals surface area contributed by atoms with Crippen LogP contribution in [0, 0.1) is 20.8 Å². The third-order valence-electron chi connectivity index (χ3n) is 8.15. The van der Waals surface area contributed by atoms with Gasteiger partial charge >= 0.3 is 0 Å². The largest absolute Gasteiger partial charge is 0.308 e. The number of nitrogens with zero attached hydrogens (tertiary/aromatic N) is 4. The van der Waals surface area contributed by atoms with Gasteiger partial charge in [-0.15, -0.1) is 0 Å². The molecule has 0 radical (unpaired) electrons. The maximum atomic E-state index is 4.86. The number of hydrogen-bond donors (Lipinski definition) is 0. The Morgan fingerprint density at radius 1 is 0.545 bits per heavy atom. The van der Waals surface area contributed by atoms with Gasteiger partial charge in [0.2, 0.25) is 0 Å². The monoisotopic (exact) mass is 590 g/mol. The number of hydrogen-bond acceptors (Lipinski definition) is 4. The van der Waals surface area contributed by atoms with E-state index in [0.29, 0.717) is 0 Å². The summed E-state index contributed by atoms with van der Waals surface area (Å²) in [6, 6.07) is 36.6. The molecule has 0 N–H and O–H groups in total. The molecule has 6 aromatic rings. The van der Waals surface area contributed by atoms with Gasteiger partial charge in [-0.05, 0) is 91.6 Å². The van der Waals surface area contributed by atoms with Crippen molar-refractivity contribution in [2.45, 2.75) is 40.4 Å². The summed E-state index contributed by atoms with van der Waals surface area (Å²) in [5.74, 6) is 0. The van der Waals surface area contributed by atoms with E-state index in [1.807, 2.05) is 18.6 Å². The topological polar surface area (TPSA) is 41.9 Å². The van der Waals surface area contributed by atoms with Gasteiger partial charge in [-0.2, -0.15) is 0 Å². The molecule has 0 aliphatic carbocycles. The molecule has 0 unspecified atom stereocenters. The van der Waals surface area contributed by atoms with Crippen LogP contribution in [0.5, 0.6) is 0 Å². The van der Waals surface area contributed by atoms with Gasteiger partial charge in [-0.1, -0.05) is 79.4 Å². The highest BCUT2D eigenvalue weighted by atomic mass is 28.3. The first kappa shape index (κ1) is 29.2. The average molecular weight is 591 g/mol. The summed E-state index contributed by atoms with van der Waals surface area (Å²) in [5.41, 5.74) is 12.9. The van der Waals surface area contributed by atoms with Crippen LogP contribution >= 0.6 is 0 Å². The Kier molecular flexibility index (Phi) is 7.98. The lowest BCUT2D eigenvalue weighted by molar-refractivity contribution is 1.12. The zero-order valence-electron chi connectivity index (χ0n) is 26.3. The van der Waals surface area contributed by atoms with Crippen LogP contribution in [0.25, 0.3) is 33.6 Å². The summed E-state index contributed by atoms with van der Waals surface area (Å²) in [6.45, 7) is 13.5. The summed E-state index contributed by atoms with van der Waals surface area (Å²) >= 11 is 0. The first-order valence-corrected chi connectivity index (χ1v) is 18.6. The van der Waals surface area contributed by atoms with E-state index in [2.05, 4.69) is 148 Å². The van der Waals surface area contributed by atoms with Crippen LogP contribution in [0.4, 0.5) is 17.1 Å². The van der Waals surface area contributed by atoms with E-state index in [0.717, 1.165) is 56.4 Å². The Morgan fingerprint density at radius 3 is 1.80 bits per heavy atom. The molecule has 6 rings (SSSR count). The number of rotatable bonds is 7. The molecule has 0 aliphatic rings. The molecule has 0 aliphatic heterocycles. The van der Waals surface area contributed by atoms with Crippen LogP contribution in [0.2, 0.25) is 19.6 Å². The fourth-order valence-electron chi connectivity index (χ4n) is 5.71. The fourth-order valence-corrected chi connectivity index (χ4v) is 6.85. The molecule has 218 valence electrons. The van der Waals surface area contributed by atoms with Gasteiger partial charge in [-0.3, -0.25) is 15.0 Å². The van der Waals surface area contributed by atoms with Crippen molar-refractivity contribution in [1.29, 1.82) is 0 Å². The van der Waals surface area contributed by atoms with Crippen molar-refractivity contribution in [3.63, 3.8) is 0 Å². The Labute approximate surface area is 262 Å². The highest BCUT2D eigenvalue weighted by Crippen LogP contribution is 2.40. The summed E-state index contributed by atoms with van der Waals surface area (Å²) in [7, 11) is -1.49. The van der Waals surface area contributed by atoms with Crippen molar-refractivity contribution < 1.29 is 0 Å². The lowest BCUT2D eigenvalue weighted by Crippen LogP contribution is -2.37. The molecule has 5 heteroatoms. The van der Waals surface area contributed by atoms with E-state index in [-0.39, 0.29) is 0 Å². The molecule has 3 aromatic heterocycles. The van der Waals surface area contributed by atoms with Crippen molar-refractivity contribution >= 4 is 30.3 Å². The Hall–Kier alpha value is -4.87. The number of aromatic nitrogens is 3. The summed E-state index contributed by atoms with van der Waals surface area (Å²) in [5, 5.41) is 1.40. The molecule has 44 heavy (non-hydrogen) atoms. The second-order valence-electron chi connectivity index (χ2n) is 12.4. The third-order valence-corrected chi connectivity index (χ3v) is 10.2. The maximum absolute atomic E-state index is 4.86. The molecule has 3 heterocycles. The summed E-state index contributed by atoms with van der Waals surface area (Å²) in [4.78, 5) is 16.7. The van der Waals surface area contributed by atoms with Crippen molar-refractivity contribution in [3.05, 3.63) is 139 Å². The number of pyridine rings is 3. The van der Waals surface area contributed by atoms with Crippen LogP contribution in [0.15, 0.2) is 122 Å². The van der Waals surface area contributed by atoms with Gasteiger partial charge in [0.05, 0.1) is 30.8 Å². The van der Waals surface area contributed by atoms with Crippen LogP contribution < -0.4 is 10.1 Å². The zero-order chi connectivity index (χ0) is 30.8. The van der Waals surface area contributed by atoms with E-state index in [1.165, 1.54) is 16.3 Å². The second kappa shape index (κ2) is 12.0. The molecule has 0 amide bonds. The molecule has 0 atom stereocenters. The molecule has 0 saturated heterocycles. The SMILES string of the molecule is Cc1cnc(-c2cccc(N(c3cccc(-c4cc([Si](C)(C)C)ccn4)c3)c3c(C)ccnc3C)c2)cc1-c1ccccc1. The Bertz CT molecular complexity index is 1920. The minimum absolute atomic E-state index is 0.942. The standard InChI is InChI=1S/C39H38N4Si/c1-27-18-20-40-29(3)39(27)43(33-16-10-14-31(22-33)37-24-35(19-21-41-37)44(4,5)6)34-17-11-15-32(23-34)38-25-36(28(2)26-42-38)30-12-8-7-9-13-30/h7-26H,1-6H3. The lowest BCUT2D eigenvalue weighted by atomic mass is 9.99. The lowest BCUT2D eigenvalue weighted by Gasteiger charge is -2.29. The number of aryl methyl sites for hydroxylation is 3. The summed E-state index contributed by atoms with van der Waals surface area (Å²) < 4.78 is 0. The zero-order valence-corrected chi connectivity index (χ0v) is 27.3. The first-order chi connectivity index (χ1) is 21.2. The quantitative estimate of drug-likeness (QED) is 0.174. The minimum Gasteiger partial charge on any atom is -0.308 e. The van der Waals surface area contributed by atoms with Crippen molar-refractivity contribution in [1.82, 2.24) is 15.0 Å². The van der Waals surface area contributed by atoms with Crippen LogP contribution in [-0.2, 0) is 0 Å². The van der Waals surface area contributed by atoms with Crippen LogP contribution in [0.3, 0.4) is 0 Å². The Balaban J connectivity index is 1.49. The van der Waals surface area contributed by atoms with Crippen molar-refractivity contribution in [2.75, 3.05) is 4.90 Å². The van der Waals surface area contributed by atoms with Gasteiger partial charge in [0.1, 0.15) is 0 Å². The van der Waals surface area contributed by atoms with Crippen LogP contribution in [0.1, 0.15) is 16.8 Å². The molecule has 0 bridgehead atoms. The smallest absolute Gasteiger partial charge is 0.0777 e. The fraction of sp³-hybridized carbons (Fsp3) is 0.154. The van der Waals surface area contributed by atoms with E-state index >= 15 is 0 Å². The molecule has 3 aromatic carbocycles. The predicted octanol–water partition coefficient (Wildman–Crippen LogP) is 9.81. The highest BCUT2D eigenvalue weighted by molar-refractivity contribution is 6.88. The van der Waals surface area contributed by atoms with Gasteiger partial charge in [-0.25, -0.2) is 0 Å². The highest BCUT2D eigenvalue weighted by Gasteiger charge is 2.21. The third kappa shape index (κ3) is 5.97. The maximum Gasteiger partial charge on any atom is 0.0777 e. The molecule has 0 spiro atoms. The molecular weight excluding hydrogens is 553 g/mol. The van der Waals surface area contributed by atoms with E-state index in [9.17, 15) is 0 Å². The normalized spacial score (nSPS) is 11.4. The molecular formula is C39H38N4Si. The Morgan fingerprint density at radius 2 is 1.16 bits per heavy atom.